The number of hydrogen-bond acceptors (Lipinski definition) is 4. The van der Waals surface area contributed by atoms with E-state index in [0.717, 1.165) is 30.6 Å². The molecule has 1 saturated carbocycles. The average Bonchev–Trinajstić information content (AvgIpc) is 2.87. The molecule has 0 bridgehead atoms. The van der Waals surface area contributed by atoms with Gasteiger partial charge in [-0.15, -0.1) is 0 Å². The first-order chi connectivity index (χ1) is 9.90. The van der Waals surface area contributed by atoms with Crippen molar-refractivity contribution in [1.82, 2.24) is 15.5 Å². The Kier molecular flexibility index (Phi) is 5.42. The number of likely N-dealkylation sites (N-methyl/N-ethyl adjacent to an activating group) is 1. The van der Waals surface area contributed by atoms with Crippen molar-refractivity contribution in [3.05, 3.63) is 11.7 Å². The first kappa shape index (κ1) is 16.5. The molecule has 4 heteroatoms. The van der Waals surface area contributed by atoms with E-state index in [1.807, 2.05) is 0 Å². The number of hydrogen-bond donors (Lipinski definition) is 1. The maximum Gasteiger partial charge on any atom is 0.228 e. The van der Waals surface area contributed by atoms with Crippen LogP contribution in [0.4, 0.5) is 0 Å². The lowest BCUT2D eigenvalue weighted by atomic mass is 9.82. The van der Waals surface area contributed by atoms with Crippen LogP contribution in [0.5, 0.6) is 0 Å². The Morgan fingerprint density at radius 2 is 1.90 bits per heavy atom. The van der Waals surface area contributed by atoms with Gasteiger partial charge in [0.1, 0.15) is 0 Å². The van der Waals surface area contributed by atoms with Gasteiger partial charge in [-0.25, -0.2) is 0 Å². The number of rotatable bonds is 5. The summed E-state index contributed by atoms with van der Waals surface area (Å²) in [6, 6.07) is 0.363. The van der Waals surface area contributed by atoms with Gasteiger partial charge in [-0.05, 0) is 30.7 Å². The third-order valence-electron chi connectivity index (χ3n) is 4.74. The first-order valence-corrected chi connectivity index (χ1v) is 8.46. The molecule has 1 fully saturated rings. The minimum Gasteiger partial charge on any atom is -0.339 e. The van der Waals surface area contributed by atoms with E-state index in [2.05, 4.69) is 50.1 Å². The van der Waals surface area contributed by atoms with Crippen molar-refractivity contribution in [2.75, 3.05) is 6.54 Å². The van der Waals surface area contributed by atoms with E-state index in [4.69, 9.17) is 4.52 Å². The summed E-state index contributed by atoms with van der Waals surface area (Å²) in [6.07, 6.45) is 5.80. The first-order valence-electron chi connectivity index (χ1n) is 8.46. The van der Waals surface area contributed by atoms with E-state index in [1.54, 1.807) is 0 Å². The maximum absolute atomic E-state index is 5.52. The highest BCUT2D eigenvalue weighted by Crippen LogP contribution is 2.34. The smallest absolute Gasteiger partial charge is 0.228 e. The van der Waals surface area contributed by atoms with E-state index in [9.17, 15) is 0 Å². The zero-order valence-electron chi connectivity index (χ0n) is 14.3. The lowest BCUT2D eigenvalue weighted by Gasteiger charge is -2.30. The molecule has 120 valence electrons. The van der Waals surface area contributed by atoms with Crippen molar-refractivity contribution in [1.29, 1.82) is 0 Å². The molecule has 0 radical (unpaired) electrons. The third kappa shape index (κ3) is 4.53. The van der Waals surface area contributed by atoms with Gasteiger partial charge in [0.15, 0.2) is 5.82 Å². The lowest BCUT2D eigenvalue weighted by Crippen LogP contribution is -2.41. The van der Waals surface area contributed by atoms with E-state index in [-0.39, 0.29) is 5.41 Å². The normalized spacial score (nSPS) is 25.0. The van der Waals surface area contributed by atoms with Crippen LogP contribution >= 0.6 is 0 Å². The van der Waals surface area contributed by atoms with Crippen molar-refractivity contribution >= 4 is 0 Å². The van der Waals surface area contributed by atoms with Gasteiger partial charge >= 0.3 is 0 Å². The molecule has 0 aliphatic heterocycles. The molecule has 2 rings (SSSR count). The molecule has 1 unspecified atom stereocenters. The zero-order chi connectivity index (χ0) is 15.5. The molecular weight excluding hydrogens is 262 g/mol. The van der Waals surface area contributed by atoms with E-state index in [0.29, 0.717) is 12.0 Å². The fourth-order valence-electron chi connectivity index (χ4n) is 3.14. The maximum atomic E-state index is 5.52. The Hall–Kier alpha value is -0.900. The minimum atomic E-state index is 0.185. The van der Waals surface area contributed by atoms with Crippen molar-refractivity contribution in [3.8, 4) is 0 Å². The molecule has 0 amide bonds. The Morgan fingerprint density at radius 3 is 2.48 bits per heavy atom. The molecule has 1 aliphatic carbocycles. The Morgan fingerprint density at radius 1 is 1.24 bits per heavy atom. The molecule has 1 aromatic heterocycles. The molecule has 21 heavy (non-hydrogen) atoms. The van der Waals surface area contributed by atoms with Crippen molar-refractivity contribution in [3.63, 3.8) is 0 Å². The van der Waals surface area contributed by atoms with Gasteiger partial charge in [0.25, 0.3) is 0 Å². The fraction of sp³-hybridized carbons (Fsp3) is 0.882. The van der Waals surface area contributed by atoms with Gasteiger partial charge in [0.2, 0.25) is 5.89 Å². The van der Waals surface area contributed by atoms with Crippen LogP contribution in [0.3, 0.4) is 0 Å². The average molecular weight is 293 g/mol. The summed E-state index contributed by atoms with van der Waals surface area (Å²) in [7, 11) is 0. The molecule has 1 aliphatic rings. The van der Waals surface area contributed by atoms with Crippen LogP contribution in [0, 0.1) is 11.3 Å². The number of nitrogens with one attached hydrogen (secondary N) is 1. The molecule has 1 atom stereocenters. The highest BCUT2D eigenvalue weighted by Gasteiger charge is 2.28. The van der Waals surface area contributed by atoms with Gasteiger partial charge in [-0.3, -0.25) is 0 Å². The Labute approximate surface area is 129 Å². The van der Waals surface area contributed by atoms with Crippen LogP contribution in [0.2, 0.25) is 0 Å². The van der Waals surface area contributed by atoms with Crippen molar-refractivity contribution in [2.24, 2.45) is 11.3 Å². The van der Waals surface area contributed by atoms with Gasteiger partial charge in [-0.1, -0.05) is 52.6 Å². The number of aromatic nitrogens is 2. The predicted molar refractivity (Wildman–Crippen MR) is 85.3 cm³/mol. The molecule has 0 aromatic carbocycles. The predicted octanol–water partition coefficient (Wildman–Crippen LogP) is 3.93. The molecular formula is C17H31N3O. The topological polar surface area (TPSA) is 51.0 Å². The SMILES string of the molecule is CCNC(Cc1nc(C2CCC(C)CC2)no1)C(C)(C)C. The van der Waals surface area contributed by atoms with Gasteiger partial charge < -0.3 is 9.84 Å². The molecule has 4 nitrogen and oxygen atoms in total. The summed E-state index contributed by atoms with van der Waals surface area (Å²) in [6.45, 7) is 12.2. The molecule has 0 saturated heterocycles. The van der Waals surface area contributed by atoms with Crippen LogP contribution < -0.4 is 5.32 Å². The van der Waals surface area contributed by atoms with Gasteiger partial charge in [0, 0.05) is 18.4 Å². The van der Waals surface area contributed by atoms with E-state index in [1.165, 1.54) is 25.7 Å². The van der Waals surface area contributed by atoms with E-state index < -0.39 is 0 Å². The Balaban J connectivity index is 1.99. The summed E-state index contributed by atoms with van der Waals surface area (Å²) in [5, 5.41) is 7.78. The van der Waals surface area contributed by atoms with Crippen molar-refractivity contribution in [2.45, 2.75) is 78.7 Å². The minimum absolute atomic E-state index is 0.185. The van der Waals surface area contributed by atoms with Gasteiger partial charge in [-0.2, -0.15) is 4.98 Å². The third-order valence-corrected chi connectivity index (χ3v) is 4.74. The van der Waals surface area contributed by atoms with E-state index >= 15 is 0 Å². The van der Waals surface area contributed by atoms with Gasteiger partial charge in [0.05, 0.1) is 0 Å². The fourth-order valence-corrected chi connectivity index (χ4v) is 3.14. The second kappa shape index (κ2) is 6.91. The highest BCUT2D eigenvalue weighted by molar-refractivity contribution is 4.99. The van der Waals surface area contributed by atoms with Crippen LogP contribution in [-0.4, -0.2) is 22.7 Å². The largest absolute Gasteiger partial charge is 0.339 e. The lowest BCUT2D eigenvalue weighted by molar-refractivity contribution is 0.246. The monoisotopic (exact) mass is 293 g/mol. The summed E-state index contributed by atoms with van der Waals surface area (Å²) >= 11 is 0. The van der Waals surface area contributed by atoms with Crippen LogP contribution in [0.25, 0.3) is 0 Å². The highest BCUT2D eigenvalue weighted by atomic mass is 16.5. The molecule has 1 heterocycles. The second-order valence-electron chi connectivity index (χ2n) is 7.68. The van der Waals surface area contributed by atoms with Crippen molar-refractivity contribution < 1.29 is 4.52 Å². The van der Waals surface area contributed by atoms with Crippen LogP contribution in [0.15, 0.2) is 4.52 Å². The standard InChI is InChI=1S/C17H31N3O/c1-6-18-14(17(3,4)5)11-15-19-16(20-21-15)13-9-7-12(2)8-10-13/h12-14,18H,6-11H2,1-5H3. The van der Waals surface area contributed by atoms with Crippen LogP contribution in [0.1, 0.15) is 77.9 Å². The summed E-state index contributed by atoms with van der Waals surface area (Å²) in [5.41, 5.74) is 0.185. The summed E-state index contributed by atoms with van der Waals surface area (Å²) < 4.78 is 5.52. The zero-order valence-corrected chi connectivity index (χ0v) is 14.3. The summed E-state index contributed by atoms with van der Waals surface area (Å²) in [4.78, 5) is 4.68. The number of nitrogens with zero attached hydrogens (tertiary/aromatic N) is 2. The quantitative estimate of drug-likeness (QED) is 0.893. The molecule has 1 aromatic rings. The molecule has 0 spiro atoms. The summed E-state index contributed by atoms with van der Waals surface area (Å²) in [5.74, 6) is 3.07. The molecule has 1 N–H and O–H groups in total. The van der Waals surface area contributed by atoms with Crippen LogP contribution in [-0.2, 0) is 6.42 Å². The Bertz CT molecular complexity index is 427. The second-order valence-corrected chi connectivity index (χ2v) is 7.68.